The topological polar surface area (TPSA) is 83.7 Å². The van der Waals surface area contributed by atoms with Gasteiger partial charge in [-0.1, -0.05) is 26.8 Å². The molecule has 0 aromatic heterocycles. The number of nitrogens with zero attached hydrogens (tertiary/aromatic N) is 2. The molecule has 0 radical (unpaired) electrons. The number of rotatable bonds is 2. The van der Waals surface area contributed by atoms with E-state index in [2.05, 4.69) is 20.8 Å². The largest absolute Gasteiger partial charge is 0.502 e. The monoisotopic (exact) mass is 292 g/mol. The summed E-state index contributed by atoms with van der Waals surface area (Å²) in [6.07, 6.45) is 0.908. The van der Waals surface area contributed by atoms with Crippen molar-refractivity contribution in [3.05, 3.63) is 33.9 Å². The Morgan fingerprint density at radius 3 is 2.62 bits per heavy atom. The molecule has 1 saturated heterocycles. The Bertz CT molecular complexity index is 578. The second kappa shape index (κ2) is 5.35. The summed E-state index contributed by atoms with van der Waals surface area (Å²) in [5, 5.41) is 20.7. The zero-order chi connectivity index (χ0) is 15.8. The number of phenols is 1. The summed E-state index contributed by atoms with van der Waals surface area (Å²) in [6.45, 7) is 7.64. The number of benzene rings is 1. The van der Waals surface area contributed by atoms with Crippen LogP contribution >= 0.6 is 0 Å². The molecule has 0 aliphatic carbocycles. The molecule has 0 bridgehead atoms. The molecule has 1 aromatic rings. The van der Waals surface area contributed by atoms with Crippen LogP contribution in [0, 0.1) is 21.4 Å². The Morgan fingerprint density at radius 1 is 1.43 bits per heavy atom. The molecule has 114 valence electrons. The van der Waals surface area contributed by atoms with Gasteiger partial charge in [-0.15, -0.1) is 0 Å². The average molecular weight is 292 g/mol. The van der Waals surface area contributed by atoms with E-state index in [4.69, 9.17) is 0 Å². The zero-order valence-corrected chi connectivity index (χ0v) is 12.5. The van der Waals surface area contributed by atoms with Gasteiger partial charge in [-0.3, -0.25) is 14.9 Å². The first kappa shape index (κ1) is 15.3. The maximum Gasteiger partial charge on any atom is 0.311 e. The molecule has 6 nitrogen and oxygen atoms in total. The van der Waals surface area contributed by atoms with Crippen LogP contribution in [0.15, 0.2) is 18.2 Å². The van der Waals surface area contributed by atoms with E-state index >= 15 is 0 Å². The van der Waals surface area contributed by atoms with Crippen molar-refractivity contribution in [2.24, 2.45) is 11.3 Å². The van der Waals surface area contributed by atoms with Crippen LogP contribution in [0.4, 0.5) is 5.69 Å². The number of phenolic OH excluding ortho intramolecular Hbond substituents is 1. The number of likely N-dealkylation sites (tertiary alicyclic amines) is 1. The van der Waals surface area contributed by atoms with Crippen LogP contribution in [-0.4, -0.2) is 33.9 Å². The number of para-hydroxylation sites is 1. The number of amides is 1. The molecule has 1 aliphatic rings. The zero-order valence-electron chi connectivity index (χ0n) is 12.5. The summed E-state index contributed by atoms with van der Waals surface area (Å²) in [5.41, 5.74) is -0.328. The summed E-state index contributed by atoms with van der Waals surface area (Å²) >= 11 is 0. The fourth-order valence-electron chi connectivity index (χ4n) is 2.67. The standard InChI is InChI=1S/C15H20N2O4/c1-15(2,3)10-7-8-16(9-10)14(19)11-5-4-6-12(13(11)18)17(20)21/h4-6,10,18H,7-9H2,1-3H3. The molecule has 1 aromatic carbocycles. The minimum absolute atomic E-state index is 0.00115. The molecule has 1 N–H and O–H groups in total. The van der Waals surface area contributed by atoms with E-state index in [1.807, 2.05) is 0 Å². The second-order valence-corrected chi connectivity index (χ2v) is 6.53. The smallest absolute Gasteiger partial charge is 0.311 e. The van der Waals surface area contributed by atoms with Crippen LogP contribution in [0.3, 0.4) is 0 Å². The van der Waals surface area contributed by atoms with E-state index in [1.165, 1.54) is 18.2 Å². The first-order chi connectivity index (χ1) is 9.71. The molecule has 1 fully saturated rings. The van der Waals surface area contributed by atoms with Crippen molar-refractivity contribution in [3.8, 4) is 5.75 Å². The third kappa shape index (κ3) is 2.99. The lowest BCUT2D eigenvalue weighted by Gasteiger charge is -2.27. The molecule has 0 spiro atoms. The molecule has 1 aliphatic heterocycles. The van der Waals surface area contributed by atoms with E-state index in [1.54, 1.807) is 4.90 Å². The number of hydrogen-bond acceptors (Lipinski definition) is 4. The summed E-state index contributed by atoms with van der Waals surface area (Å²) in [4.78, 5) is 24.3. The quantitative estimate of drug-likeness (QED) is 0.671. The summed E-state index contributed by atoms with van der Waals surface area (Å²) in [7, 11) is 0. The fourth-order valence-corrected chi connectivity index (χ4v) is 2.67. The Labute approximate surface area is 123 Å². The van der Waals surface area contributed by atoms with Crippen LogP contribution in [0.5, 0.6) is 5.75 Å². The lowest BCUT2D eigenvalue weighted by Crippen LogP contribution is -2.31. The van der Waals surface area contributed by atoms with Crippen molar-refractivity contribution in [1.82, 2.24) is 4.90 Å². The average Bonchev–Trinajstić information content (AvgIpc) is 2.87. The van der Waals surface area contributed by atoms with E-state index in [0.29, 0.717) is 19.0 Å². The molecule has 1 atom stereocenters. The van der Waals surface area contributed by atoms with Gasteiger partial charge in [0.05, 0.1) is 10.5 Å². The van der Waals surface area contributed by atoms with Crippen molar-refractivity contribution in [2.45, 2.75) is 27.2 Å². The van der Waals surface area contributed by atoms with Crippen LogP contribution in [0.1, 0.15) is 37.6 Å². The number of nitro benzene ring substituents is 1. The molecular formula is C15H20N2O4. The van der Waals surface area contributed by atoms with E-state index in [-0.39, 0.29) is 16.9 Å². The summed E-state index contributed by atoms with van der Waals surface area (Å²) in [5.74, 6) is -0.503. The Hall–Kier alpha value is -2.11. The van der Waals surface area contributed by atoms with Gasteiger partial charge in [-0.25, -0.2) is 0 Å². The number of carbonyl (C=O) groups excluding carboxylic acids is 1. The van der Waals surface area contributed by atoms with Gasteiger partial charge >= 0.3 is 5.69 Å². The number of aromatic hydroxyl groups is 1. The molecule has 6 heteroatoms. The third-order valence-corrected chi connectivity index (χ3v) is 4.14. The van der Waals surface area contributed by atoms with Gasteiger partial charge in [0.15, 0.2) is 0 Å². The SMILES string of the molecule is CC(C)(C)C1CCN(C(=O)c2cccc([N+](=O)[O-])c2O)C1. The Kier molecular flexibility index (Phi) is 3.89. The molecule has 21 heavy (non-hydrogen) atoms. The van der Waals surface area contributed by atoms with Gasteiger partial charge < -0.3 is 10.0 Å². The Morgan fingerprint density at radius 2 is 2.10 bits per heavy atom. The predicted octanol–water partition coefficient (Wildman–Crippen LogP) is 2.81. The fraction of sp³-hybridized carbons (Fsp3) is 0.533. The predicted molar refractivity (Wildman–Crippen MR) is 78.2 cm³/mol. The summed E-state index contributed by atoms with van der Waals surface area (Å²) < 4.78 is 0. The molecule has 0 saturated carbocycles. The number of hydrogen-bond donors (Lipinski definition) is 1. The van der Waals surface area contributed by atoms with Gasteiger partial charge in [-0.05, 0) is 23.8 Å². The van der Waals surface area contributed by atoms with Gasteiger partial charge in [0, 0.05) is 19.2 Å². The lowest BCUT2D eigenvalue weighted by molar-refractivity contribution is -0.385. The minimum atomic E-state index is -0.686. The van der Waals surface area contributed by atoms with Gasteiger partial charge in [0.25, 0.3) is 5.91 Å². The highest BCUT2D eigenvalue weighted by atomic mass is 16.6. The number of nitro groups is 1. The van der Waals surface area contributed by atoms with Crippen molar-refractivity contribution in [1.29, 1.82) is 0 Å². The highest BCUT2D eigenvalue weighted by Crippen LogP contribution is 2.36. The van der Waals surface area contributed by atoms with Crippen LogP contribution in [-0.2, 0) is 0 Å². The second-order valence-electron chi connectivity index (χ2n) is 6.53. The molecule has 1 heterocycles. The van der Waals surface area contributed by atoms with E-state index in [9.17, 15) is 20.0 Å². The van der Waals surface area contributed by atoms with Gasteiger partial charge in [0.1, 0.15) is 0 Å². The highest BCUT2D eigenvalue weighted by molar-refractivity contribution is 5.98. The minimum Gasteiger partial charge on any atom is -0.502 e. The molecule has 1 amide bonds. The van der Waals surface area contributed by atoms with Gasteiger partial charge in [-0.2, -0.15) is 0 Å². The summed E-state index contributed by atoms with van der Waals surface area (Å²) in [6, 6.07) is 4.03. The van der Waals surface area contributed by atoms with Crippen molar-refractivity contribution < 1.29 is 14.8 Å². The molecule has 2 rings (SSSR count). The maximum absolute atomic E-state index is 12.5. The normalized spacial score (nSPS) is 18.8. The Balaban J connectivity index is 2.23. The van der Waals surface area contributed by atoms with Crippen LogP contribution in [0.25, 0.3) is 0 Å². The van der Waals surface area contributed by atoms with E-state index < -0.39 is 16.4 Å². The first-order valence-electron chi connectivity index (χ1n) is 6.97. The third-order valence-electron chi connectivity index (χ3n) is 4.14. The van der Waals surface area contributed by atoms with Crippen LogP contribution < -0.4 is 0 Å². The lowest BCUT2D eigenvalue weighted by atomic mass is 9.80. The molecular weight excluding hydrogens is 272 g/mol. The molecule has 1 unspecified atom stereocenters. The van der Waals surface area contributed by atoms with Crippen molar-refractivity contribution in [2.75, 3.05) is 13.1 Å². The van der Waals surface area contributed by atoms with Crippen LogP contribution in [0.2, 0.25) is 0 Å². The van der Waals surface area contributed by atoms with Gasteiger partial charge in [0.2, 0.25) is 5.75 Å². The first-order valence-corrected chi connectivity index (χ1v) is 6.97. The van der Waals surface area contributed by atoms with Crippen molar-refractivity contribution >= 4 is 11.6 Å². The van der Waals surface area contributed by atoms with Crippen molar-refractivity contribution in [3.63, 3.8) is 0 Å². The van der Waals surface area contributed by atoms with E-state index in [0.717, 1.165) is 6.42 Å². The highest BCUT2D eigenvalue weighted by Gasteiger charge is 2.35. The number of carbonyl (C=O) groups is 1. The maximum atomic E-state index is 12.5.